The van der Waals surface area contributed by atoms with E-state index >= 15 is 0 Å². The topological polar surface area (TPSA) is 148 Å². The molecule has 3 aromatic rings. The number of halogens is 2. The van der Waals surface area contributed by atoms with E-state index in [1.54, 1.807) is 7.11 Å². The molecular formula is C35H50Cl2N8O3. The molecule has 6 N–H and O–H groups in total. The van der Waals surface area contributed by atoms with Gasteiger partial charge in [-0.2, -0.15) is 0 Å². The molecule has 262 valence electrons. The summed E-state index contributed by atoms with van der Waals surface area (Å²) in [6.45, 7) is 5.45. The number of anilines is 2. The number of nitrogens with two attached hydrogens (primary N) is 2. The largest absolute Gasteiger partial charge is 1.00 e. The number of benzene rings is 2. The van der Waals surface area contributed by atoms with E-state index in [4.69, 9.17) is 27.8 Å². The number of quaternary nitrogens is 1. The summed E-state index contributed by atoms with van der Waals surface area (Å²) in [5.74, 6) is 0.398. The van der Waals surface area contributed by atoms with E-state index in [2.05, 4.69) is 49.8 Å². The second-order valence-electron chi connectivity index (χ2n) is 12.8. The highest BCUT2D eigenvalue weighted by Crippen LogP contribution is 2.24. The molecule has 2 aromatic carbocycles. The fourth-order valence-electron chi connectivity index (χ4n) is 6.37. The van der Waals surface area contributed by atoms with Gasteiger partial charge in [0.1, 0.15) is 5.75 Å². The fraction of sp³-hybridized carbons (Fsp3) is 0.486. The lowest BCUT2D eigenvalue weighted by molar-refractivity contribution is -0.933. The van der Waals surface area contributed by atoms with Crippen LogP contribution >= 0.6 is 11.6 Å². The van der Waals surface area contributed by atoms with Gasteiger partial charge in [0, 0.05) is 24.9 Å². The number of nitrogen functional groups attached to an aromatic ring is 2. The van der Waals surface area contributed by atoms with Crippen LogP contribution in [0.4, 0.5) is 11.6 Å². The van der Waals surface area contributed by atoms with E-state index in [1.807, 2.05) is 38.4 Å². The number of hydrogen-bond acceptors (Lipinski definition) is 8. The number of nitrogens with one attached hydrogen (secondary N) is 2. The summed E-state index contributed by atoms with van der Waals surface area (Å²) in [7, 11) is 5.73. The van der Waals surface area contributed by atoms with Crippen LogP contribution in [-0.2, 0) is 12.8 Å². The normalized spacial score (nSPS) is 17.4. The Kier molecular flexibility index (Phi) is 15.2. The third-order valence-electron chi connectivity index (χ3n) is 8.89. The van der Waals surface area contributed by atoms with Crippen molar-refractivity contribution in [3.8, 4) is 5.75 Å². The van der Waals surface area contributed by atoms with Crippen LogP contribution in [0.1, 0.15) is 64.1 Å². The molecule has 2 heterocycles. The first-order valence-electron chi connectivity index (χ1n) is 16.5. The molecule has 2 atom stereocenters. The first kappa shape index (κ1) is 38.8. The van der Waals surface area contributed by atoms with Crippen molar-refractivity contribution in [3.63, 3.8) is 0 Å². The summed E-state index contributed by atoms with van der Waals surface area (Å²) in [6.07, 6.45) is 6.68. The zero-order valence-corrected chi connectivity index (χ0v) is 29.8. The average molecular weight is 702 g/mol. The first-order chi connectivity index (χ1) is 22.6. The highest BCUT2D eigenvalue weighted by Gasteiger charge is 2.35. The molecule has 2 amide bonds. The lowest BCUT2D eigenvalue weighted by Crippen LogP contribution is -3.00. The van der Waals surface area contributed by atoms with Gasteiger partial charge in [-0.25, -0.2) is 9.97 Å². The number of likely N-dealkylation sites (tertiary alicyclic amines) is 1. The van der Waals surface area contributed by atoms with E-state index in [1.165, 1.54) is 11.1 Å². The predicted molar refractivity (Wildman–Crippen MR) is 188 cm³/mol. The number of carbonyl (C=O) groups excluding carboxylic acids is 2. The van der Waals surface area contributed by atoms with Crippen LogP contribution < -0.4 is 39.2 Å². The first-order valence-corrected chi connectivity index (χ1v) is 16.8. The quantitative estimate of drug-likeness (QED) is 0.128. The highest BCUT2D eigenvalue weighted by molar-refractivity contribution is 6.31. The minimum absolute atomic E-state index is 0. The van der Waals surface area contributed by atoms with Crippen molar-refractivity contribution in [2.75, 3.05) is 71.9 Å². The van der Waals surface area contributed by atoms with Crippen molar-refractivity contribution >= 4 is 35.1 Å². The Labute approximate surface area is 295 Å². The van der Waals surface area contributed by atoms with Gasteiger partial charge in [0.2, 0.25) is 0 Å². The third kappa shape index (κ3) is 11.5. The summed E-state index contributed by atoms with van der Waals surface area (Å²) in [4.78, 5) is 35.9. The molecule has 1 aliphatic rings. The number of nitrogens with zero attached hydrogens (tertiary/aromatic N) is 4. The number of methoxy groups -OCH3 is 1. The Balaban J connectivity index is 0.00000625. The second-order valence-corrected chi connectivity index (χ2v) is 13.2. The van der Waals surface area contributed by atoms with Gasteiger partial charge < -0.3 is 48.6 Å². The third-order valence-corrected chi connectivity index (χ3v) is 9.16. The smallest absolute Gasteiger partial charge is 0.274 e. The van der Waals surface area contributed by atoms with Gasteiger partial charge >= 0.3 is 0 Å². The van der Waals surface area contributed by atoms with Crippen LogP contribution in [0, 0.1) is 0 Å². The van der Waals surface area contributed by atoms with Crippen LogP contribution in [0.2, 0.25) is 5.15 Å². The van der Waals surface area contributed by atoms with Gasteiger partial charge in [-0.05, 0) is 88.1 Å². The molecule has 1 fully saturated rings. The van der Waals surface area contributed by atoms with Crippen molar-refractivity contribution in [1.82, 2.24) is 25.5 Å². The van der Waals surface area contributed by atoms with Gasteiger partial charge in [0.15, 0.2) is 22.5 Å². The Morgan fingerprint density at radius 2 is 1.56 bits per heavy atom. The van der Waals surface area contributed by atoms with Crippen LogP contribution in [0.3, 0.4) is 0 Å². The summed E-state index contributed by atoms with van der Waals surface area (Å²) < 4.78 is 6.23. The van der Waals surface area contributed by atoms with Gasteiger partial charge in [-0.1, -0.05) is 35.9 Å². The molecule has 0 saturated carbocycles. The van der Waals surface area contributed by atoms with Gasteiger partial charge in [-0.15, -0.1) is 0 Å². The lowest BCUT2D eigenvalue weighted by atomic mass is 9.99. The number of aromatic nitrogens is 2. The molecular weight excluding hydrogens is 651 g/mol. The Morgan fingerprint density at radius 3 is 2.17 bits per heavy atom. The van der Waals surface area contributed by atoms with Crippen molar-refractivity contribution in [3.05, 3.63) is 76.1 Å². The second kappa shape index (κ2) is 18.8. The van der Waals surface area contributed by atoms with E-state index in [-0.39, 0.29) is 52.7 Å². The molecule has 0 spiro atoms. The highest BCUT2D eigenvalue weighted by atomic mass is 35.5. The molecule has 0 aliphatic carbocycles. The molecule has 1 saturated heterocycles. The van der Waals surface area contributed by atoms with E-state index in [0.717, 1.165) is 87.9 Å². The number of aryl methyl sites for hydroxylation is 2. The van der Waals surface area contributed by atoms with Crippen molar-refractivity contribution < 1.29 is 31.2 Å². The summed E-state index contributed by atoms with van der Waals surface area (Å²) >= 11 is 6.04. The van der Waals surface area contributed by atoms with Crippen molar-refractivity contribution in [2.45, 2.75) is 51.0 Å². The van der Waals surface area contributed by atoms with Crippen LogP contribution in [-0.4, -0.2) is 97.7 Å². The molecule has 48 heavy (non-hydrogen) atoms. The number of rotatable bonds is 16. The van der Waals surface area contributed by atoms with E-state index in [0.29, 0.717) is 12.1 Å². The van der Waals surface area contributed by atoms with Crippen LogP contribution in [0.25, 0.3) is 0 Å². The number of hydrogen-bond donors (Lipinski definition) is 4. The predicted octanol–water partition coefficient (Wildman–Crippen LogP) is 0.963. The van der Waals surface area contributed by atoms with E-state index < -0.39 is 0 Å². The zero-order valence-electron chi connectivity index (χ0n) is 28.3. The minimum atomic E-state index is -0.387. The molecule has 2 unspecified atom stereocenters. The molecule has 4 rings (SSSR count). The maximum Gasteiger partial charge on any atom is 0.274 e. The SMILES string of the molecule is COc1ccc(CCC[N+]2(CCCc3ccc(C(=O)NCCCN(C)C)cc3)CCCC(NC(=O)c3nc(Cl)c(N)nc3N)C2)cc1.[Cl-]. The van der Waals surface area contributed by atoms with Crippen molar-refractivity contribution in [2.24, 2.45) is 0 Å². The van der Waals surface area contributed by atoms with Gasteiger partial charge in [-0.3, -0.25) is 9.59 Å². The Bertz CT molecular complexity index is 1470. The number of amides is 2. The number of ether oxygens (including phenoxy) is 1. The van der Waals surface area contributed by atoms with Gasteiger partial charge in [0.25, 0.3) is 11.8 Å². The summed E-state index contributed by atoms with van der Waals surface area (Å²) in [5, 5.41) is 6.13. The fourth-order valence-corrected chi connectivity index (χ4v) is 6.50. The molecule has 11 nitrogen and oxygen atoms in total. The van der Waals surface area contributed by atoms with Crippen LogP contribution in [0.5, 0.6) is 5.75 Å². The molecule has 1 aliphatic heterocycles. The molecule has 13 heteroatoms. The Morgan fingerprint density at radius 1 is 0.938 bits per heavy atom. The molecule has 1 aromatic heterocycles. The standard InChI is InChI=1S/C35H49ClN8O3.ClH/c1-43(2)20-7-19-39-34(45)27-15-11-25(12-16-27)8-4-21-44(22-5-9-26-13-17-29(47-3)18-14-26)23-6-10-28(24-44)40-35(46)30-32(37)42-33(38)31(36)41-30;/h11-18,28H,4-10,19-24H2,1-3H3,(H5-,37,38,39,40,42,45,46);1H. The maximum absolute atomic E-state index is 13.2. The Hall–Kier alpha value is -3.64. The van der Waals surface area contributed by atoms with Crippen LogP contribution in [0.15, 0.2) is 48.5 Å². The lowest BCUT2D eigenvalue weighted by Gasteiger charge is -2.45. The van der Waals surface area contributed by atoms with Gasteiger partial charge in [0.05, 0.1) is 39.3 Å². The van der Waals surface area contributed by atoms with E-state index in [9.17, 15) is 9.59 Å². The summed E-state index contributed by atoms with van der Waals surface area (Å²) in [6, 6.07) is 16.2. The monoisotopic (exact) mass is 700 g/mol. The number of piperidine rings is 1. The maximum atomic E-state index is 13.2. The van der Waals surface area contributed by atoms with Crippen molar-refractivity contribution in [1.29, 1.82) is 0 Å². The summed E-state index contributed by atoms with van der Waals surface area (Å²) in [5.41, 5.74) is 14.8. The molecule has 0 radical (unpaired) electrons. The zero-order chi connectivity index (χ0) is 33.8. The number of carbonyl (C=O) groups is 2. The average Bonchev–Trinajstić information content (AvgIpc) is 3.05. The minimum Gasteiger partial charge on any atom is -1.00 e. The molecule has 0 bridgehead atoms.